The van der Waals surface area contributed by atoms with Crippen molar-refractivity contribution in [1.82, 2.24) is 0 Å². The van der Waals surface area contributed by atoms with E-state index in [1.807, 2.05) is 0 Å². The summed E-state index contributed by atoms with van der Waals surface area (Å²) < 4.78 is 10.6. The molecule has 0 amide bonds. The molecule has 112 valence electrons. The van der Waals surface area contributed by atoms with Crippen molar-refractivity contribution >= 4 is 37.2 Å². The van der Waals surface area contributed by atoms with Gasteiger partial charge in [-0.2, -0.15) is 0 Å². The molecule has 3 nitrogen and oxygen atoms in total. The van der Waals surface area contributed by atoms with Crippen molar-refractivity contribution < 1.29 is 14.4 Å². The molecule has 2 N–H and O–H groups in total. The van der Waals surface area contributed by atoms with Gasteiger partial charge in [-0.1, -0.05) is 77.6 Å². The van der Waals surface area contributed by atoms with E-state index < -0.39 is 7.60 Å². The van der Waals surface area contributed by atoms with E-state index in [0.29, 0.717) is 6.42 Å². The fraction of sp³-hybridized carbons (Fsp3) is 1.00. The zero-order valence-electron chi connectivity index (χ0n) is 11.9. The molecule has 0 aromatic rings. The van der Waals surface area contributed by atoms with Gasteiger partial charge in [-0.15, -0.1) is 0 Å². The van der Waals surface area contributed by atoms with Crippen molar-refractivity contribution in [3.05, 3.63) is 0 Å². The molecule has 0 aliphatic carbocycles. The molecular formula is C14H32NaO3P. The molecule has 0 fully saturated rings. The molecule has 0 aromatic heterocycles. The third kappa shape index (κ3) is 21.6. The van der Waals surface area contributed by atoms with Gasteiger partial charge in [0.25, 0.3) is 0 Å². The quantitative estimate of drug-likeness (QED) is 0.304. The van der Waals surface area contributed by atoms with Gasteiger partial charge in [-0.3, -0.25) is 4.57 Å². The molecular weight excluding hydrogens is 270 g/mol. The Morgan fingerprint density at radius 1 is 0.684 bits per heavy atom. The van der Waals surface area contributed by atoms with E-state index in [4.69, 9.17) is 9.79 Å². The summed E-state index contributed by atoms with van der Waals surface area (Å²) in [6.07, 6.45) is 14.8. The van der Waals surface area contributed by atoms with Crippen LogP contribution in [0.15, 0.2) is 0 Å². The Hall–Kier alpha value is 1.15. The molecule has 0 bridgehead atoms. The van der Waals surface area contributed by atoms with Crippen LogP contribution in [0.5, 0.6) is 0 Å². The predicted molar refractivity (Wildman–Crippen MR) is 85.1 cm³/mol. The van der Waals surface area contributed by atoms with Crippen LogP contribution in [0.25, 0.3) is 0 Å². The van der Waals surface area contributed by atoms with Crippen molar-refractivity contribution in [2.24, 2.45) is 0 Å². The molecule has 0 aliphatic heterocycles. The van der Waals surface area contributed by atoms with Crippen LogP contribution in [0.2, 0.25) is 0 Å². The Kier molecular flexibility index (Phi) is 18.3. The Morgan fingerprint density at radius 3 is 1.32 bits per heavy atom. The van der Waals surface area contributed by atoms with Crippen LogP contribution >= 0.6 is 7.60 Å². The number of hydrogen-bond acceptors (Lipinski definition) is 1. The molecule has 0 radical (unpaired) electrons. The monoisotopic (exact) mass is 302 g/mol. The van der Waals surface area contributed by atoms with Crippen LogP contribution in [0.1, 0.15) is 84.0 Å². The van der Waals surface area contributed by atoms with Crippen LogP contribution in [0.4, 0.5) is 0 Å². The molecule has 0 aliphatic rings. The first-order valence-corrected chi connectivity index (χ1v) is 9.40. The van der Waals surface area contributed by atoms with E-state index in [-0.39, 0.29) is 35.7 Å². The van der Waals surface area contributed by atoms with Crippen molar-refractivity contribution in [3.63, 3.8) is 0 Å². The number of unbranched alkanes of at least 4 members (excludes halogenated alkanes) is 11. The van der Waals surface area contributed by atoms with Crippen LogP contribution in [0.3, 0.4) is 0 Å². The van der Waals surface area contributed by atoms with E-state index in [9.17, 15) is 4.57 Å². The van der Waals surface area contributed by atoms with E-state index >= 15 is 0 Å². The standard InChI is InChI=1S/C14H31O3P.Na.H/c1-2-3-4-5-6-7-8-9-10-11-12-13-14-18(15,16)17;;/h2-14H2,1H3,(H2,15,16,17);;. The average Bonchev–Trinajstić information content (AvgIpc) is 2.29. The zero-order chi connectivity index (χ0) is 13.7. The third-order valence-corrected chi connectivity index (χ3v) is 4.20. The molecule has 0 spiro atoms. The molecule has 19 heavy (non-hydrogen) atoms. The van der Waals surface area contributed by atoms with Crippen LogP contribution < -0.4 is 0 Å². The molecule has 0 aromatic carbocycles. The zero-order valence-corrected chi connectivity index (χ0v) is 12.8. The van der Waals surface area contributed by atoms with Crippen molar-refractivity contribution in [2.45, 2.75) is 84.0 Å². The number of rotatable bonds is 13. The van der Waals surface area contributed by atoms with Crippen molar-refractivity contribution in [3.8, 4) is 0 Å². The Morgan fingerprint density at radius 2 is 1.00 bits per heavy atom. The number of hydrogen-bond donors (Lipinski definition) is 2. The minimum absolute atomic E-state index is 0. The maximum absolute atomic E-state index is 10.6. The predicted octanol–water partition coefficient (Wildman–Crippen LogP) is 4.22. The van der Waals surface area contributed by atoms with E-state index in [2.05, 4.69) is 6.92 Å². The van der Waals surface area contributed by atoms with Gasteiger partial charge in [0.1, 0.15) is 0 Å². The topological polar surface area (TPSA) is 57.5 Å². The molecule has 0 rings (SSSR count). The summed E-state index contributed by atoms with van der Waals surface area (Å²) in [4.78, 5) is 17.4. The second-order valence-corrected chi connectivity index (χ2v) is 7.05. The van der Waals surface area contributed by atoms with Gasteiger partial charge in [0, 0.05) is 6.16 Å². The van der Waals surface area contributed by atoms with Crippen molar-refractivity contribution in [1.29, 1.82) is 0 Å². The summed E-state index contributed by atoms with van der Waals surface area (Å²) in [6, 6.07) is 0. The van der Waals surface area contributed by atoms with Gasteiger partial charge in [-0.05, 0) is 6.42 Å². The summed E-state index contributed by atoms with van der Waals surface area (Å²) in [6.45, 7) is 2.24. The Balaban J connectivity index is 0. The maximum atomic E-state index is 10.6. The summed E-state index contributed by atoms with van der Waals surface area (Å²) in [5, 5.41) is 0. The first-order chi connectivity index (χ1) is 8.56. The van der Waals surface area contributed by atoms with Gasteiger partial charge >= 0.3 is 37.2 Å². The van der Waals surface area contributed by atoms with Crippen LogP contribution in [-0.4, -0.2) is 45.5 Å². The van der Waals surface area contributed by atoms with Crippen molar-refractivity contribution in [2.75, 3.05) is 6.16 Å². The third-order valence-electron chi connectivity index (χ3n) is 3.30. The van der Waals surface area contributed by atoms with E-state index in [0.717, 1.165) is 12.8 Å². The fourth-order valence-electron chi connectivity index (χ4n) is 2.16. The van der Waals surface area contributed by atoms with E-state index in [1.54, 1.807) is 0 Å². The minimum atomic E-state index is -3.75. The second-order valence-electron chi connectivity index (χ2n) is 5.28. The van der Waals surface area contributed by atoms with Gasteiger partial charge in [-0.25, -0.2) is 0 Å². The Labute approximate surface area is 141 Å². The molecule has 0 saturated carbocycles. The van der Waals surface area contributed by atoms with Gasteiger partial charge in [0.15, 0.2) is 0 Å². The molecule has 0 atom stereocenters. The van der Waals surface area contributed by atoms with Gasteiger partial charge in [0.05, 0.1) is 0 Å². The normalized spacial score (nSPS) is 11.3. The first kappa shape index (κ1) is 22.4. The molecule has 0 unspecified atom stereocenters. The second kappa shape index (κ2) is 15.5. The average molecular weight is 302 g/mol. The van der Waals surface area contributed by atoms with Crippen LogP contribution in [-0.2, 0) is 4.57 Å². The van der Waals surface area contributed by atoms with Gasteiger partial charge < -0.3 is 9.79 Å². The molecule has 0 saturated heterocycles. The summed E-state index contributed by atoms with van der Waals surface area (Å²) in [5.74, 6) is 0. The van der Waals surface area contributed by atoms with Gasteiger partial charge in [0.2, 0.25) is 0 Å². The summed E-state index contributed by atoms with van der Waals surface area (Å²) >= 11 is 0. The fourth-order valence-corrected chi connectivity index (χ4v) is 2.79. The Bertz CT molecular complexity index is 219. The first-order valence-electron chi connectivity index (χ1n) is 7.61. The summed E-state index contributed by atoms with van der Waals surface area (Å²) in [7, 11) is -3.75. The van der Waals surface area contributed by atoms with E-state index in [1.165, 1.54) is 57.8 Å². The SMILES string of the molecule is CCCCCCCCCCCCCCP(=O)(O)O.[NaH]. The van der Waals surface area contributed by atoms with Crippen LogP contribution in [0, 0.1) is 0 Å². The molecule has 5 heteroatoms. The molecule has 0 heterocycles. The summed E-state index contributed by atoms with van der Waals surface area (Å²) in [5.41, 5.74) is 0.